The van der Waals surface area contributed by atoms with Gasteiger partial charge in [0.15, 0.2) is 0 Å². The Balaban J connectivity index is 1.61. The Bertz CT molecular complexity index is 632. The molecule has 2 aromatic rings. The molecule has 1 saturated heterocycles. The average molecular weight is 346 g/mol. The van der Waals surface area contributed by atoms with E-state index in [1.165, 1.54) is 0 Å². The predicted octanol–water partition coefficient (Wildman–Crippen LogP) is 2.85. The van der Waals surface area contributed by atoms with Gasteiger partial charge in [-0.25, -0.2) is 0 Å². The van der Waals surface area contributed by atoms with E-state index in [1.54, 1.807) is 6.20 Å². The smallest absolute Gasteiger partial charge is 0.251 e. The minimum atomic E-state index is -0.0191. The third-order valence-electron chi connectivity index (χ3n) is 3.62. The van der Waals surface area contributed by atoms with E-state index in [1.807, 2.05) is 42.6 Å². The van der Waals surface area contributed by atoms with Gasteiger partial charge in [-0.05, 0) is 36.8 Å². The van der Waals surface area contributed by atoms with Crippen LogP contribution >= 0.6 is 15.9 Å². The maximum Gasteiger partial charge on any atom is 0.251 e. The molecule has 1 aliphatic heterocycles. The lowest BCUT2D eigenvalue weighted by atomic mass is 10.2. The first-order valence-corrected chi connectivity index (χ1v) is 7.73. The van der Waals surface area contributed by atoms with Crippen molar-refractivity contribution in [3.8, 4) is 0 Å². The van der Waals surface area contributed by atoms with E-state index >= 15 is 0 Å². The molecule has 1 fully saturated rings. The van der Waals surface area contributed by atoms with E-state index in [9.17, 15) is 4.79 Å². The normalized spacial score (nSPS) is 17.8. The molecule has 1 atom stereocenters. The van der Waals surface area contributed by atoms with E-state index < -0.39 is 0 Å². The van der Waals surface area contributed by atoms with Crippen LogP contribution in [0.1, 0.15) is 16.8 Å². The molecule has 1 aliphatic rings. The number of rotatable bonds is 3. The fraction of sp³-hybridized carbons (Fsp3) is 0.250. The minimum absolute atomic E-state index is 0.0191. The molecule has 108 valence electrons. The van der Waals surface area contributed by atoms with Gasteiger partial charge in [0.25, 0.3) is 5.91 Å². The zero-order valence-corrected chi connectivity index (χ0v) is 13.1. The number of halogens is 1. The van der Waals surface area contributed by atoms with Crippen molar-refractivity contribution < 1.29 is 4.79 Å². The minimum Gasteiger partial charge on any atom is -0.368 e. The number of carbonyl (C=O) groups excluding carboxylic acids is 1. The number of pyridine rings is 1. The predicted molar refractivity (Wildman–Crippen MR) is 86.5 cm³/mol. The van der Waals surface area contributed by atoms with E-state index in [-0.39, 0.29) is 11.9 Å². The van der Waals surface area contributed by atoms with Crippen molar-refractivity contribution in [1.29, 1.82) is 0 Å². The Hall–Kier alpha value is -1.88. The summed E-state index contributed by atoms with van der Waals surface area (Å²) in [6, 6.07) is 11.6. The molecule has 0 saturated carbocycles. The second-order valence-electron chi connectivity index (χ2n) is 5.13. The molecule has 1 amide bonds. The molecule has 1 N–H and O–H groups in total. The van der Waals surface area contributed by atoms with Crippen LogP contribution < -0.4 is 10.2 Å². The first-order chi connectivity index (χ1) is 10.2. The van der Waals surface area contributed by atoms with Gasteiger partial charge in [0.1, 0.15) is 0 Å². The zero-order valence-electron chi connectivity index (χ0n) is 11.5. The quantitative estimate of drug-likeness (QED) is 0.930. The van der Waals surface area contributed by atoms with Crippen LogP contribution in [0.2, 0.25) is 0 Å². The number of amides is 1. The van der Waals surface area contributed by atoms with E-state index in [4.69, 9.17) is 0 Å². The number of nitrogens with zero attached hydrogens (tertiary/aromatic N) is 2. The fourth-order valence-electron chi connectivity index (χ4n) is 2.55. The van der Waals surface area contributed by atoms with Crippen molar-refractivity contribution in [2.24, 2.45) is 0 Å². The van der Waals surface area contributed by atoms with Gasteiger partial charge in [0, 0.05) is 35.4 Å². The third-order valence-corrected chi connectivity index (χ3v) is 4.11. The summed E-state index contributed by atoms with van der Waals surface area (Å²) in [5, 5.41) is 3.10. The maximum atomic E-state index is 12.2. The first kappa shape index (κ1) is 14.1. The van der Waals surface area contributed by atoms with Crippen molar-refractivity contribution in [1.82, 2.24) is 10.3 Å². The van der Waals surface area contributed by atoms with Crippen LogP contribution in [0.5, 0.6) is 0 Å². The molecular formula is C16H16BrN3O. The van der Waals surface area contributed by atoms with E-state index in [0.29, 0.717) is 5.56 Å². The lowest BCUT2D eigenvalue weighted by Gasteiger charge is -2.18. The number of hydrogen-bond donors (Lipinski definition) is 1. The Morgan fingerprint density at radius 3 is 3.00 bits per heavy atom. The summed E-state index contributed by atoms with van der Waals surface area (Å²) in [7, 11) is 0. The third kappa shape index (κ3) is 3.42. The molecule has 0 spiro atoms. The van der Waals surface area contributed by atoms with Crippen LogP contribution in [0.15, 0.2) is 53.3 Å². The van der Waals surface area contributed by atoms with Crippen LogP contribution in [-0.4, -0.2) is 30.0 Å². The Morgan fingerprint density at radius 1 is 1.33 bits per heavy atom. The van der Waals surface area contributed by atoms with Gasteiger partial charge in [-0.2, -0.15) is 0 Å². The van der Waals surface area contributed by atoms with Gasteiger partial charge < -0.3 is 10.2 Å². The number of hydrogen-bond acceptors (Lipinski definition) is 3. The van der Waals surface area contributed by atoms with Crippen LogP contribution in [0, 0.1) is 0 Å². The van der Waals surface area contributed by atoms with Crippen molar-refractivity contribution in [3.63, 3.8) is 0 Å². The molecule has 2 heterocycles. The largest absolute Gasteiger partial charge is 0.368 e. The summed E-state index contributed by atoms with van der Waals surface area (Å²) < 4.78 is 0.915. The lowest BCUT2D eigenvalue weighted by Crippen LogP contribution is -2.37. The highest BCUT2D eigenvalue weighted by Crippen LogP contribution is 2.19. The molecule has 21 heavy (non-hydrogen) atoms. The topological polar surface area (TPSA) is 45.2 Å². The highest BCUT2D eigenvalue weighted by atomic mass is 79.9. The van der Waals surface area contributed by atoms with Crippen LogP contribution in [0.3, 0.4) is 0 Å². The highest BCUT2D eigenvalue weighted by molar-refractivity contribution is 9.10. The van der Waals surface area contributed by atoms with Crippen LogP contribution in [-0.2, 0) is 0 Å². The standard InChI is InChI=1S/C16H16BrN3O/c17-13-4-1-3-12(9-13)16(21)19-14-6-8-20(11-14)15-5-2-7-18-10-15/h1-5,7,9-10,14H,6,8,11H2,(H,19,21)/t14-/m0/s1. The number of carbonyl (C=O) groups is 1. The van der Waals surface area contributed by atoms with Gasteiger partial charge >= 0.3 is 0 Å². The summed E-state index contributed by atoms with van der Waals surface area (Å²) >= 11 is 3.39. The molecule has 1 aromatic heterocycles. The molecule has 0 bridgehead atoms. The van der Waals surface area contributed by atoms with Crippen molar-refractivity contribution in [2.75, 3.05) is 18.0 Å². The highest BCUT2D eigenvalue weighted by Gasteiger charge is 2.24. The number of nitrogens with one attached hydrogen (secondary N) is 1. The summed E-state index contributed by atoms with van der Waals surface area (Å²) in [6.07, 6.45) is 4.58. The summed E-state index contributed by atoms with van der Waals surface area (Å²) in [5.41, 5.74) is 1.79. The Morgan fingerprint density at radius 2 is 2.24 bits per heavy atom. The lowest BCUT2D eigenvalue weighted by molar-refractivity contribution is 0.0940. The first-order valence-electron chi connectivity index (χ1n) is 6.94. The summed E-state index contributed by atoms with van der Waals surface area (Å²) in [6.45, 7) is 1.76. The van der Waals surface area contributed by atoms with Crippen LogP contribution in [0.25, 0.3) is 0 Å². The number of benzene rings is 1. The Labute approximate surface area is 132 Å². The second-order valence-corrected chi connectivity index (χ2v) is 6.04. The molecule has 4 nitrogen and oxygen atoms in total. The van der Waals surface area contributed by atoms with Gasteiger partial charge in [0.2, 0.25) is 0 Å². The van der Waals surface area contributed by atoms with Gasteiger partial charge in [0.05, 0.1) is 11.9 Å². The monoisotopic (exact) mass is 345 g/mol. The van der Waals surface area contributed by atoms with Crippen molar-refractivity contribution in [2.45, 2.75) is 12.5 Å². The van der Waals surface area contributed by atoms with Crippen molar-refractivity contribution in [3.05, 3.63) is 58.8 Å². The van der Waals surface area contributed by atoms with Crippen LogP contribution in [0.4, 0.5) is 5.69 Å². The zero-order chi connectivity index (χ0) is 14.7. The fourth-order valence-corrected chi connectivity index (χ4v) is 2.95. The molecule has 0 unspecified atom stereocenters. The molecule has 5 heteroatoms. The van der Waals surface area contributed by atoms with E-state index in [0.717, 1.165) is 29.7 Å². The second kappa shape index (κ2) is 6.26. The van der Waals surface area contributed by atoms with Gasteiger partial charge in [-0.15, -0.1) is 0 Å². The molecule has 3 rings (SSSR count). The number of aromatic nitrogens is 1. The SMILES string of the molecule is O=C(N[C@H]1CCN(c2cccnc2)C1)c1cccc(Br)c1. The molecular weight excluding hydrogens is 330 g/mol. The summed E-state index contributed by atoms with van der Waals surface area (Å²) in [4.78, 5) is 18.6. The number of anilines is 1. The average Bonchev–Trinajstić information content (AvgIpc) is 2.97. The molecule has 1 aromatic carbocycles. The Kier molecular flexibility index (Phi) is 4.20. The maximum absolute atomic E-state index is 12.2. The molecule has 0 aliphatic carbocycles. The van der Waals surface area contributed by atoms with Gasteiger partial charge in [-0.1, -0.05) is 22.0 Å². The molecule has 0 radical (unpaired) electrons. The van der Waals surface area contributed by atoms with Crippen molar-refractivity contribution >= 4 is 27.5 Å². The van der Waals surface area contributed by atoms with Gasteiger partial charge in [-0.3, -0.25) is 9.78 Å². The van der Waals surface area contributed by atoms with E-state index in [2.05, 4.69) is 31.1 Å². The summed E-state index contributed by atoms with van der Waals surface area (Å²) in [5.74, 6) is -0.0191.